The van der Waals surface area contributed by atoms with E-state index in [1.807, 2.05) is 27.7 Å². The lowest BCUT2D eigenvalue weighted by molar-refractivity contribution is -0.0283. The summed E-state index contributed by atoms with van der Waals surface area (Å²) in [5.74, 6) is 0. The Morgan fingerprint density at radius 2 is 1.69 bits per heavy atom. The summed E-state index contributed by atoms with van der Waals surface area (Å²) in [4.78, 5) is 0. The maximum absolute atomic E-state index is 5.57. The van der Waals surface area contributed by atoms with Crippen LogP contribution in [0.25, 0.3) is 0 Å². The number of hydrogen-bond donors (Lipinski definition) is 1. The Morgan fingerprint density at radius 1 is 1.15 bits per heavy atom. The lowest BCUT2D eigenvalue weighted by atomic mass is 10.2. The Morgan fingerprint density at radius 3 is 2.00 bits per heavy atom. The summed E-state index contributed by atoms with van der Waals surface area (Å²) in [6.07, 6.45) is 1.98. The van der Waals surface area contributed by atoms with Crippen LogP contribution in [0.2, 0.25) is 0 Å². The molecule has 1 heterocycles. The highest BCUT2D eigenvalue weighted by Gasteiger charge is 2.15. The van der Waals surface area contributed by atoms with Crippen molar-refractivity contribution in [2.45, 2.75) is 60.2 Å². The van der Waals surface area contributed by atoms with Gasteiger partial charge in [-0.3, -0.25) is 0 Å². The third-order valence-electron chi connectivity index (χ3n) is 1.68. The van der Waals surface area contributed by atoms with E-state index in [0.29, 0.717) is 12.2 Å². The molecule has 0 amide bonds. The van der Waals surface area contributed by atoms with Crippen LogP contribution in [-0.2, 0) is 4.74 Å². The lowest BCUT2D eigenvalue weighted by Crippen LogP contribution is -2.42. The highest BCUT2D eigenvalue weighted by Crippen LogP contribution is 2.05. The Balaban J connectivity index is 0. The summed E-state index contributed by atoms with van der Waals surface area (Å²) in [6, 6.07) is 0. The molecule has 13 heavy (non-hydrogen) atoms. The molecule has 82 valence electrons. The maximum atomic E-state index is 5.57. The van der Waals surface area contributed by atoms with Gasteiger partial charge in [-0.25, -0.2) is 0 Å². The molecular weight excluding hydrogens is 162 g/mol. The zero-order valence-corrected chi connectivity index (χ0v) is 10.2. The number of morpholine rings is 1. The second-order valence-corrected chi connectivity index (χ2v) is 2.64. The van der Waals surface area contributed by atoms with Gasteiger partial charge >= 0.3 is 0 Å². The molecule has 2 unspecified atom stereocenters. The van der Waals surface area contributed by atoms with Gasteiger partial charge < -0.3 is 10.1 Å². The molecule has 0 spiro atoms. The van der Waals surface area contributed by atoms with E-state index in [0.717, 1.165) is 19.5 Å². The monoisotopic (exact) mass is 189 g/mol. The van der Waals surface area contributed by atoms with Crippen LogP contribution < -0.4 is 5.32 Å². The van der Waals surface area contributed by atoms with Crippen LogP contribution >= 0.6 is 0 Å². The zero-order valence-electron chi connectivity index (χ0n) is 10.2. The van der Waals surface area contributed by atoms with E-state index >= 15 is 0 Å². The molecule has 0 aromatic heterocycles. The van der Waals surface area contributed by atoms with E-state index in [1.54, 1.807) is 0 Å². The highest BCUT2D eigenvalue weighted by atomic mass is 16.5. The standard InChI is InChI=1S/C7H15NO.2C2H6/c1-3-7-5-8-4-6(2)9-7;2*1-2/h6-8H,3-5H2,1-2H3;2*1-2H3. The van der Waals surface area contributed by atoms with Crippen LogP contribution in [0.15, 0.2) is 0 Å². The summed E-state index contributed by atoms with van der Waals surface area (Å²) in [7, 11) is 0. The maximum Gasteiger partial charge on any atom is 0.0701 e. The smallest absolute Gasteiger partial charge is 0.0701 e. The van der Waals surface area contributed by atoms with E-state index < -0.39 is 0 Å². The molecule has 2 heteroatoms. The van der Waals surface area contributed by atoms with E-state index in [9.17, 15) is 0 Å². The van der Waals surface area contributed by atoms with Gasteiger partial charge in [0.1, 0.15) is 0 Å². The van der Waals surface area contributed by atoms with Gasteiger partial charge in [0.05, 0.1) is 12.2 Å². The first-order valence-electron chi connectivity index (χ1n) is 5.69. The van der Waals surface area contributed by atoms with Crippen LogP contribution in [0.1, 0.15) is 48.0 Å². The molecule has 1 aliphatic rings. The first-order chi connectivity index (χ1) is 6.33. The third kappa shape index (κ3) is 8.26. The van der Waals surface area contributed by atoms with Crippen LogP contribution in [0.5, 0.6) is 0 Å². The number of rotatable bonds is 1. The molecule has 1 saturated heterocycles. The fourth-order valence-electron chi connectivity index (χ4n) is 1.11. The van der Waals surface area contributed by atoms with Gasteiger partial charge in [-0.1, -0.05) is 34.6 Å². The Hall–Kier alpha value is -0.0800. The SMILES string of the molecule is CC.CC.CCC1CNCC(C)O1. The molecule has 0 radical (unpaired) electrons. The van der Waals surface area contributed by atoms with Crippen molar-refractivity contribution < 1.29 is 4.74 Å². The minimum atomic E-state index is 0.406. The van der Waals surface area contributed by atoms with Crippen LogP contribution in [0.4, 0.5) is 0 Å². The zero-order chi connectivity index (χ0) is 10.7. The predicted octanol–water partition coefficient (Wildman–Crippen LogP) is 2.83. The Labute approximate surface area is 84.1 Å². The quantitative estimate of drug-likeness (QED) is 0.685. The normalized spacial score (nSPS) is 26.3. The van der Waals surface area contributed by atoms with Crippen molar-refractivity contribution in [1.29, 1.82) is 0 Å². The van der Waals surface area contributed by atoms with E-state index in [4.69, 9.17) is 4.74 Å². The lowest BCUT2D eigenvalue weighted by Gasteiger charge is -2.27. The number of ether oxygens (including phenoxy) is 1. The molecule has 1 aliphatic heterocycles. The van der Waals surface area contributed by atoms with Crippen molar-refractivity contribution >= 4 is 0 Å². The molecule has 0 aliphatic carbocycles. The minimum absolute atomic E-state index is 0.406. The number of hydrogen-bond acceptors (Lipinski definition) is 2. The fraction of sp³-hybridized carbons (Fsp3) is 1.00. The van der Waals surface area contributed by atoms with E-state index in [-0.39, 0.29) is 0 Å². The third-order valence-corrected chi connectivity index (χ3v) is 1.68. The first kappa shape index (κ1) is 15.4. The average Bonchev–Trinajstić information content (AvgIpc) is 2.24. The molecule has 0 saturated carbocycles. The Bertz CT molecular complexity index is 86.2. The largest absolute Gasteiger partial charge is 0.373 e. The van der Waals surface area contributed by atoms with Crippen molar-refractivity contribution in [2.75, 3.05) is 13.1 Å². The second kappa shape index (κ2) is 11.9. The molecular formula is C11H27NO. The Kier molecular flexibility index (Phi) is 14.1. The molecule has 1 rings (SSSR count). The van der Waals surface area contributed by atoms with Crippen molar-refractivity contribution in [3.8, 4) is 0 Å². The summed E-state index contributed by atoms with van der Waals surface area (Å²) in [5.41, 5.74) is 0. The molecule has 2 atom stereocenters. The van der Waals surface area contributed by atoms with Crippen molar-refractivity contribution in [1.82, 2.24) is 5.32 Å². The van der Waals surface area contributed by atoms with Gasteiger partial charge in [-0.15, -0.1) is 0 Å². The first-order valence-corrected chi connectivity index (χ1v) is 5.69. The van der Waals surface area contributed by atoms with Gasteiger partial charge in [-0.05, 0) is 13.3 Å². The van der Waals surface area contributed by atoms with Crippen LogP contribution in [0, 0.1) is 0 Å². The highest BCUT2D eigenvalue weighted by molar-refractivity contribution is 4.69. The summed E-state index contributed by atoms with van der Waals surface area (Å²) < 4.78 is 5.57. The van der Waals surface area contributed by atoms with Gasteiger partial charge in [0, 0.05) is 13.1 Å². The topological polar surface area (TPSA) is 21.3 Å². The summed E-state index contributed by atoms with van der Waals surface area (Å²) >= 11 is 0. The van der Waals surface area contributed by atoms with Crippen molar-refractivity contribution in [2.24, 2.45) is 0 Å². The molecule has 1 fully saturated rings. The molecule has 2 nitrogen and oxygen atoms in total. The predicted molar refractivity (Wildman–Crippen MR) is 60.2 cm³/mol. The van der Waals surface area contributed by atoms with Crippen molar-refractivity contribution in [3.63, 3.8) is 0 Å². The minimum Gasteiger partial charge on any atom is -0.373 e. The summed E-state index contributed by atoms with van der Waals surface area (Å²) in [6.45, 7) is 14.3. The van der Waals surface area contributed by atoms with E-state index in [2.05, 4.69) is 19.2 Å². The van der Waals surface area contributed by atoms with E-state index in [1.165, 1.54) is 0 Å². The molecule has 0 aromatic rings. The van der Waals surface area contributed by atoms with Crippen molar-refractivity contribution in [3.05, 3.63) is 0 Å². The summed E-state index contributed by atoms with van der Waals surface area (Å²) in [5, 5.41) is 3.31. The molecule has 1 N–H and O–H groups in total. The van der Waals surface area contributed by atoms with Crippen LogP contribution in [0.3, 0.4) is 0 Å². The second-order valence-electron chi connectivity index (χ2n) is 2.64. The fourth-order valence-corrected chi connectivity index (χ4v) is 1.11. The van der Waals surface area contributed by atoms with Gasteiger partial charge in [0.25, 0.3) is 0 Å². The van der Waals surface area contributed by atoms with Crippen LogP contribution in [-0.4, -0.2) is 25.3 Å². The van der Waals surface area contributed by atoms with Gasteiger partial charge in [0.2, 0.25) is 0 Å². The van der Waals surface area contributed by atoms with Gasteiger partial charge in [0.15, 0.2) is 0 Å². The number of nitrogens with one attached hydrogen (secondary N) is 1. The average molecular weight is 189 g/mol. The van der Waals surface area contributed by atoms with Gasteiger partial charge in [-0.2, -0.15) is 0 Å². The molecule has 0 bridgehead atoms. The molecule has 0 aromatic carbocycles.